The van der Waals surface area contributed by atoms with Crippen molar-refractivity contribution in [3.05, 3.63) is 60.2 Å². The van der Waals surface area contributed by atoms with Crippen molar-refractivity contribution >= 4 is 16.9 Å². The topological polar surface area (TPSA) is 51.0 Å². The summed E-state index contributed by atoms with van der Waals surface area (Å²) in [5.74, 6) is 0.907. The van der Waals surface area contributed by atoms with Gasteiger partial charge in [0.15, 0.2) is 0 Å². The van der Waals surface area contributed by atoms with E-state index in [0.29, 0.717) is 12.0 Å². The first kappa shape index (κ1) is 20.2. The lowest BCUT2D eigenvalue weighted by molar-refractivity contribution is 0.0626. The van der Waals surface area contributed by atoms with Gasteiger partial charge in [-0.1, -0.05) is 44.2 Å². The SMILES string of the molecule is O=C(c1ccc(Cn2cnc3cnccc32)cc1)N(CC1CCCCC1)C1CCCC1. The summed E-state index contributed by atoms with van der Waals surface area (Å²) in [4.78, 5) is 24.3. The molecule has 0 saturated heterocycles. The normalized spacial score (nSPS) is 17.9. The summed E-state index contributed by atoms with van der Waals surface area (Å²) in [7, 11) is 0. The molecule has 0 unspecified atom stereocenters. The van der Waals surface area contributed by atoms with E-state index in [1.54, 1.807) is 12.4 Å². The monoisotopic (exact) mass is 416 g/mol. The Morgan fingerprint density at radius 2 is 1.71 bits per heavy atom. The van der Waals surface area contributed by atoms with Crippen molar-refractivity contribution in [1.82, 2.24) is 19.4 Å². The van der Waals surface area contributed by atoms with Crippen molar-refractivity contribution < 1.29 is 4.79 Å². The van der Waals surface area contributed by atoms with Gasteiger partial charge in [-0.05, 0) is 55.4 Å². The predicted octanol–water partition coefficient (Wildman–Crippen LogP) is 5.44. The number of carbonyl (C=O) groups is 1. The first-order valence-electron chi connectivity index (χ1n) is 11.9. The fraction of sp³-hybridized carbons (Fsp3) is 0.500. The standard InChI is InChI=1S/C26H32N4O/c31-26(30(23-8-4-5-9-23)18-20-6-2-1-3-7-20)22-12-10-21(11-13-22)17-29-19-28-24-16-27-15-14-25(24)29/h10-16,19-20,23H,1-9,17-18H2. The molecule has 0 aliphatic heterocycles. The second kappa shape index (κ2) is 9.21. The highest BCUT2D eigenvalue weighted by Crippen LogP contribution is 2.30. The molecule has 0 radical (unpaired) electrons. The van der Waals surface area contributed by atoms with Crippen LogP contribution in [0.3, 0.4) is 0 Å². The van der Waals surface area contributed by atoms with Crippen molar-refractivity contribution in [3.63, 3.8) is 0 Å². The minimum absolute atomic E-state index is 0.225. The maximum absolute atomic E-state index is 13.5. The molecule has 0 N–H and O–H groups in total. The Morgan fingerprint density at radius 3 is 2.48 bits per heavy atom. The third-order valence-corrected chi connectivity index (χ3v) is 7.18. The Bertz CT molecular complexity index is 1010. The summed E-state index contributed by atoms with van der Waals surface area (Å²) in [6.45, 7) is 1.68. The zero-order valence-electron chi connectivity index (χ0n) is 18.2. The third-order valence-electron chi connectivity index (χ3n) is 7.18. The number of rotatable bonds is 6. The molecule has 3 aromatic rings. The van der Waals surface area contributed by atoms with Gasteiger partial charge in [-0.3, -0.25) is 9.78 Å². The summed E-state index contributed by atoms with van der Waals surface area (Å²) in [5.41, 5.74) is 3.98. The van der Waals surface area contributed by atoms with Gasteiger partial charge in [-0.25, -0.2) is 4.98 Å². The number of imidazole rings is 1. The first-order valence-corrected chi connectivity index (χ1v) is 11.9. The van der Waals surface area contributed by atoms with E-state index in [4.69, 9.17) is 0 Å². The summed E-state index contributed by atoms with van der Waals surface area (Å²) < 4.78 is 2.13. The quantitative estimate of drug-likeness (QED) is 0.537. The van der Waals surface area contributed by atoms with E-state index >= 15 is 0 Å². The van der Waals surface area contributed by atoms with Crippen LogP contribution in [-0.4, -0.2) is 37.9 Å². The number of nitrogens with zero attached hydrogens (tertiary/aromatic N) is 4. The van der Waals surface area contributed by atoms with E-state index < -0.39 is 0 Å². The molecule has 2 fully saturated rings. The minimum atomic E-state index is 0.225. The number of hydrogen-bond acceptors (Lipinski definition) is 3. The average molecular weight is 417 g/mol. The van der Waals surface area contributed by atoms with Crippen molar-refractivity contribution in [2.75, 3.05) is 6.54 Å². The van der Waals surface area contributed by atoms with Crippen LogP contribution in [0.2, 0.25) is 0 Å². The lowest BCUT2D eigenvalue weighted by atomic mass is 9.88. The van der Waals surface area contributed by atoms with Gasteiger partial charge >= 0.3 is 0 Å². The molecule has 5 rings (SSSR count). The molecule has 0 atom stereocenters. The van der Waals surface area contributed by atoms with Crippen LogP contribution >= 0.6 is 0 Å². The van der Waals surface area contributed by atoms with Crippen LogP contribution in [0.5, 0.6) is 0 Å². The number of hydrogen-bond donors (Lipinski definition) is 0. The highest BCUT2D eigenvalue weighted by atomic mass is 16.2. The number of fused-ring (bicyclic) bond motifs is 1. The minimum Gasteiger partial charge on any atom is -0.335 e. The third kappa shape index (κ3) is 4.51. The van der Waals surface area contributed by atoms with Gasteiger partial charge in [0.2, 0.25) is 0 Å². The van der Waals surface area contributed by atoms with Gasteiger partial charge in [0.1, 0.15) is 5.52 Å². The molecule has 2 saturated carbocycles. The van der Waals surface area contributed by atoms with Gasteiger partial charge in [0.25, 0.3) is 5.91 Å². The fourth-order valence-corrected chi connectivity index (χ4v) is 5.42. The fourth-order valence-electron chi connectivity index (χ4n) is 5.42. The second-order valence-corrected chi connectivity index (χ2v) is 9.33. The number of benzene rings is 1. The van der Waals surface area contributed by atoms with Gasteiger partial charge in [0.05, 0.1) is 18.0 Å². The summed E-state index contributed by atoms with van der Waals surface area (Å²) >= 11 is 0. The number of carbonyl (C=O) groups excluding carboxylic acids is 1. The van der Waals surface area contributed by atoms with E-state index in [0.717, 1.165) is 29.7 Å². The Balaban J connectivity index is 1.31. The van der Waals surface area contributed by atoms with Crippen molar-refractivity contribution in [3.8, 4) is 0 Å². The maximum atomic E-state index is 13.5. The molecule has 1 amide bonds. The van der Waals surface area contributed by atoms with E-state index in [-0.39, 0.29) is 5.91 Å². The van der Waals surface area contributed by atoms with E-state index in [1.807, 2.05) is 24.5 Å². The Morgan fingerprint density at radius 1 is 0.968 bits per heavy atom. The van der Waals surface area contributed by atoms with Gasteiger partial charge in [-0.2, -0.15) is 0 Å². The lowest BCUT2D eigenvalue weighted by Crippen LogP contribution is -2.42. The average Bonchev–Trinajstić information content (AvgIpc) is 3.49. The van der Waals surface area contributed by atoms with E-state index in [2.05, 4.69) is 31.6 Å². The van der Waals surface area contributed by atoms with Crippen LogP contribution in [0.15, 0.2) is 49.1 Å². The second-order valence-electron chi connectivity index (χ2n) is 9.33. The molecule has 0 spiro atoms. The summed E-state index contributed by atoms with van der Waals surface area (Å²) in [6.07, 6.45) is 16.9. The van der Waals surface area contributed by atoms with Crippen LogP contribution in [0.1, 0.15) is 73.7 Å². The van der Waals surface area contributed by atoms with Gasteiger partial charge in [0, 0.05) is 30.9 Å². The van der Waals surface area contributed by atoms with Crippen LogP contribution in [-0.2, 0) is 6.54 Å². The van der Waals surface area contributed by atoms with E-state index in [1.165, 1.54) is 63.4 Å². The number of pyridine rings is 1. The first-order chi connectivity index (χ1) is 15.3. The van der Waals surface area contributed by atoms with Crippen LogP contribution in [0.25, 0.3) is 11.0 Å². The van der Waals surface area contributed by atoms with Crippen molar-refractivity contribution in [2.45, 2.75) is 70.4 Å². The zero-order valence-corrected chi connectivity index (χ0v) is 18.2. The largest absolute Gasteiger partial charge is 0.335 e. The van der Waals surface area contributed by atoms with Crippen LogP contribution < -0.4 is 0 Å². The van der Waals surface area contributed by atoms with Gasteiger partial charge in [-0.15, -0.1) is 0 Å². The van der Waals surface area contributed by atoms with Gasteiger partial charge < -0.3 is 9.47 Å². The smallest absolute Gasteiger partial charge is 0.254 e. The molecule has 31 heavy (non-hydrogen) atoms. The molecule has 162 valence electrons. The summed E-state index contributed by atoms with van der Waals surface area (Å²) in [6, 6.07) is 10.6. The molecule has 2 aliphatic carbocycles. The number of amides is 1. The Kier molecular flexibility index (Phi) is 6.01. The summed E-state index contributed by atoms with van der Waals surface area (Å²) in [5, 5.41) is 0. The molecule has 2 aromatic heterocycles. The Hall–Kier alpha value is -2.69. The van der Waals surface area contributed by atoms with Crippen LogP contribution in [0, 0.1) is 5.92 Å². The molecule has 2 aliphatic rings. The molecule has 5 nitrogen and oxygen atoms in total. The van der Waals surface area contributed by atoms with Crippen molar-refractivity contribution in [2.24, 2.45) is 5.92 Å². The zero-order chi connectivity index (χ0) is 21.0. The molecule has 1 aromatic carbocycles. The molecule has 0 bridgehead atoms. The lowest BCUT2D eigenvalue weighted by Gasteiger charge is -2.34. The highest BCUT2D eigenvalue weighted by Gasteiger charge is 2.30. The molecule has 2 heterocycles. The predicted molar refractivity (Wildman–Crippen MR) is 123 cm³/mol. The molecular weight excluding hydrogens is 384 g/mol. The van der Waals surface area contributed by atoms with Crippen LogP contribution in [0.4, 0.5) is 0 Å². The Labute approximate surface area is 184 Å². The van der Waals surface area contributed by atoms with Crippen molar-refractivity contribution in [1.29, 1.82) is 0 Å². The van der Waals surface area contributed by atoms with E-state index in [9.17, 15) is 4.79 Å². The molecular formula is C26H32N4O. The molecule has 5 heteroatoms. The highest BCUT2D eigenvalue weighted by molar-refractivity contribution is 5.94. The number of aromatic nitrogens is 3. The maximum Gasteiger partial charge on any atom is 0.254 e.